The minimum atomic E-state index is 1.08. The second-order valence-electron chi connectivity index (χ2n) is 3.12. The van der Waals surface area contributed by atoms with Crippen LogP contribution in [-0.2, 0) is 0 Å². The van der Waals surface area contributed by atoms with Gasteiger partial charge < -0.3 is 0 Å². The first-order valence-corrected chi connectivity index (χ1v) is 4.09. The van der Waals surface area contributed by atoms with Crippen molar-refractivity contribution in [3.63, 3.8) is 0 Å². The van der Waals surface area contributed by atoms with E-state index >= 15 is 0 Å². The van der Waals surface area contributed by atoms with E-state index in [1.807, 2.05) is 13.1 Å². The highest BCUT2D eigenvalue weighted by Crippen LogP contribution is 2.17. The van der Waals surface area contributed by atoms with Crippen molar-refractivity contribution in [2.75, 3.05) is 0 Å². The third kappa shape index (κ3) is 1.07. The topological polar surface area (TPSA) is 12.9 Å². The van der Waals surface area contributed by atoms with Crippen LogP contribution in [0.15, 0.2) is 30.5 Å². The monoisotopic (exact) mass is 157 g/mol. The maximum atomic E-state index is 4.27. The molecule has 12 heavy (non-hydrogen) atoms. The second kappa shape index (κ2) is 2.59. The average molecular weight is 157 g/mol. The van der Waals surface area contributed by atoms with Crippen molar-refractivity contribution in [3.05, 3.63) is 41.7 Å². The van der Waals surface area contributed by atoms with Gasteiger partial charge in [0, 0.05) is 17.3 Å². The summed E-state index contributed by atoms with van der Waals surface area (Å²) in [6.45, 7) is 4.13. The standard InChI is InChI=1S/C11H11N/c1-8-4-3-5-10-6-9(2)12-7-11(8)10/h3-7H,1-2H3. The molecule has 0 saturated heterocycles. The van der Waals surface area contributed by atoms with Gasteiger partial charge in [0.05, 0.1) is 0 Å². The number of fused-ring (bicyclic) bond motifs is 1. The number of aromatic nitrogens is 1. The molecule has 0 atom stereocenters. The van der Waals surface area contributed by atoms with Crippen LogP contribution in [0.4, 0.5) is 0 Å². The Balaban J connectivity index is 2.86. The maximum Gasteiger partial charge on any atom is 0.0379 e. The fraction of sp³-hybridized carbons (Fsp3) is 0.182. The van der Waals surface area contributed by atoms with Crippen molar-refractivity contribution in [2.24, 2.45) is 0 Å². The summed E-state index contributed by atoms with van der Waals surface area (Å²) >= 11 is 0. The Kier molecular flexibility index (Phi) is 1.58. The molecule has 0 saturated carbocycles. The van der Waals surface area contributed by atoms with Crippen LogP contribution in [0.25, 0.3) is 10.8 Å². The van der Waals surface area contributed by atoms with E-state index in [2.05, 4.69) is 36.2 Å². The lowest BCUT2D eigenvalue weighted by Gasteiger charge is -2.00. The molecule has 0 N–H and O–H groups in total. The van der Waals surface area contributed by atoms with Crippen molar-refractivity contribution in [1.29, 1.82) is 0 Å². The Hall–Kier alpha value is -1.37. The van der Waals surface area contributed by atoms with Crippen LogP contribution in [0.5, 0.6) is 0 Å². The SMILES string of the molecule is Cc1cc2cccc(C)c2cn1. The molecule has 0 unspecified atom stereocenters. The van der Waals surface area contributed by atoms with E-state index in [9.17, 15) is 0 Å². The van der Waals surface area contributed by atoms with Gasteiger partial charge in [0.1, 0.15) is 0 Å². The molecule has 60 valence electrons. The summed E-state index contributed by atoms with van der Waals surface area (Å²) in [6, 6.07) is 8.43. The quantitative estimate of drug-likeness (QED) is 0.573. The van der Waals surface area contributed by atoms with Crippen molar-refractivity contribution >= 4 is 10.8 Å². The van der Waals surface area contributed by atoms with Gasteiger partial charge in [-0.25, -0.2) is 0 Å². The van der Waals surface area contributed by atoms with Crippen LogP contribution in [0.3, 0.4) is 0 Å². The summed E-state index contributed by atoms with van der Waals surface area (Å²) in [5.41, 5.74) is 2.37. The molecule has 1 heterocycles. The molecule has 0 aliphatic rings. The number of nitrogens with zero attached hydrogens (tertiary/aromatic N) is 1. The van der Waals surface area contributed by atoms with Gasteiger partial charge in [-0.05, 0) is 30.9 Å². The molecular weight excluding hydrogens is 146 g/mol. The summed E-state index contributed by atoms with van der Waals surface area (Å²) in [4.78, 5) is 4.27. The number of aryl methyl sites for hydroxylation is 2. The van der Waals surface area contributed by atoms with Crippen molar-refractivity contribution in [1.82, 2.24) is 4.98 Å². The molecule has 0 bridgehead atoms. The second-order valence-corrected chi connectivity index (χ2v) is 3.12. The number of hydrogen-bond donors (Lipinski definition) is 0. The molecule has 0 aliphatic heterocycles. The zero-order valence-electron chi connectivity index (χ0n) is 7.33. The summed E-state index contributed by atoms with van der Waals surface area (Å²) in [5, 5.41) is 2.53. The normalized spacial score (nSPS) is 10.5. The van der Waals surface area contributed by atoms with Gasteiger partial charge in [-0.1, -0.05) is 18.2 Å². The fourth-order valence-electron chi connectivity index (χ4n) is 1.43. The predicted molar refractivity (Wildman–Crippen MR) is 51.2 cm³/mol. The minimum absolute atomic E-state index is 1.08. The van der Waals surface area contributed by atoms with Crippen LogP contribution >= 0.6 is 0 Å². The van der Waals surface area contributed by atoms with E-state index in [4.69, 9.17) is 0 Å². The Labute approximate surface area is 72.1 Å². The largest absolute Gasteiger partial charge is 0.261 e. The molecule has 1 aromatic carbocycles. The smallest absolute Gasteiger partial charge is 0.0379 e. The lowest BCUT2D eigenvalue weighted by atomic mass is 10.1. The number of benzene rings is 1. The zero-order chi connectivity index (χ0) is 8.55. The Morgan fingerprint density at radius 2 is 2.00 bits per heavy atom. The van der Waals surface area contributed by atoms with Crippen LogP contribution < -0.4 is 0 Å². The Morgan fingerprint density at radius 1 is 1.17 bits per heavy atom. The predicted octanol–water partition coefficient (Wildman–Crippen LogP) is 2.85. The first-order chi connectivity index (χ1) is 5.77. The van der Waals surface area contributed by atoms with E-state index in [0.29, 0.717) is 0 Å². The van der Waals surface area contributed by atoms with Crippen molar-refractivity contribution < 1.29 is 0 Å². The third-order valence-electron chi connectivity index (χ3n) is 2.12. The molecule has 0 spiro atoms. The van der Waals surface area contributed by atoms with Crippen molar-refractivity contribution in [2.45, 2.75) is 13.8 Å². The maximum absolute atomic E-state index is 4.27. The molecule has 0 fully saturated rings. The minimum Gasteiger partial charge on any atom is -0.261 e. The highest BCUT2D eigenvalue weighted by atomic mass is 14.7. The summed E-state index contributed by atoms with van der Waals surface area (Å²) in [6.07, 6.45) is 1.94. The molecule has 1 heteroatoms. The third-order valence-corrected chi connectivity index (χ3v) is 2.12. The van der Waals surface area contributed by atoms with Crippen LogP contribution in [-0.4, -0.2) is 4.98 Å². The van der Waals surface area contributed by atoms with Crippen LogP contribution in [0, 0.1) is 13.8 Å². The lowest BCUT2D eigenvalue weighted by molar-refractivity contribution is 1.22. The van der Waals surface area contributed by atoms with E-state index in [1.165, 1.54) is 16.3 Å². The summed E-state index contributed by atoms with van der Waals surface area (Å²) in [7, 11) is 0. The van der Waals surface area contributed by atoms with E-state index in [1.54, 1.807) is 0 Å². The molecule has 1 aromatic heterocycles. The van der Waals surface area contributed by atoms with Gasteiger partial charge in [0.25, 0.3) is 0 Å². The molecule has 0 amide bonds. The summed E-state index contributed by atoms with van der Waals surface area (Å²) in [5.74, 6) is 0. The fourth-order valence-corrected chi connectivity index (χ4v) is 1.43. The first kappa shape index (κ1) is 7.29. The van der Waals surface area contributed by atoms with Gasteiger partial charge in [0.15, 0.2) is 0 Å². The Morgan fingerprint density at radius 3 is 2.83 bits per heavy atom. The van der Waals surface area contributed by atoms with Gasteiger partial charge in [-0.2, -0.15) is 0 Å². The average Bonchev–Trinajstić information content (AvgIpc) is 2.04. The highest BCUT2D eigenvalue weighted by Gasteiger charge is 1.95. The number of pyridine rings is 1. The van der Waals surface area contributed by atoms with Gasteiger partial charge in [-0.15, -0.1) is 0 Å². The molecule has 0 aliphatic carbocycles. The molecule has 1 nitrogen and oxygen atoms in total. The molecule has 2 aromatic rings. The van der Waals surface area contributed by atoms with E-state index in [-0.39, 0.29) is 0 Å². The van der Waals surface area contributed by atoms with E-state index < -0.39 is 0 Å². The van der Waals surface area contributed by atoms with Gasteiger partial charge in [0.2, 0.25) is 0 Å². The van der Waals surface area contributed by atoms with Crippen molar-refractivity contribution in [3.8, 4) is 0 Å². The highest BCUT2D eigenvalue weighted by molar-refractivity contribution is 5.84. The molecular formula is C11H11N. The zero-order valence-corrected chi connectivity index (χ0v) is 7.33. The van der Waals surface area contributed by atoms with Gasteiger partial charge in [-0.3, -0.25) is 4.98 Å². The van der Waals surface area contributed by atoms with Gasteiger partial charge >= 0.3 is 0 Å². The van der Waals surface area contributed by atoms with Crippen LogP contribution in [0.1, 0.15) is 11.3 Å². The number of rotatable bonds is 0. The van der Waals surface area contributed by atoms with E-state index in [0.717, 1.165) is 5.69 Å². The first-order valence-electron chi connectivity index (χ1n) is 4.09. The lowest BCUT2D eigenvalue weighted by Crippen LogP contribution is -1.83. The molecule has 0 radical (unpaired) electrons. The number of hydrogen-bond acceptors (Lipinski definition) is 1. The molecule has 2 rings (SSSR count). The Bertz CT molecular complexity index is 418. The van der Waals surface area contributed by atoms with Crippen LogP contribution in [0.2, 0.25) is 0 Å². The summed E-state index contributed by atoms with van der Waals surface area (Å²) < 4.78 is 0.